The molecule has 2 heterocycles. The van der Waals surface area contributed by atoms with Gasteiger partial charge < -0.3 is 9.73 Å². The lowest BCUT2D eigenvalue weighted by molar-refractivity contribution is -0.115. The summed E-state index contributed by atoms with van der Waals surface area (Å²) in [4.78, 5) is 12.7. The predicted molar refractivity (Wildman–Crippen MR) is 115 cm³/mol. The lowest BCUT2D eigenvalue weighted by Crippen LogP contribution is -2.23. The number of carbonyl (C=O) groups excluding carboxylic acids is 1. The zero-order chi connectivity index (χ0) is 20.2. The van der Waals surface area contributed by atoms with Crippen molar-refractivity contribution < 1.29 is 9.21 Å². The Bertz CT molecular complexity index is 944. The summed E-state index contributed by atoms with van der Waals surface area (Å²) in [7, 11) is 0. The van der Waals surface area contributed by atoms with Gasteiger partial charge in [0.25, 0.3) is 0 Å². The summed E-state index contributed by atoms with van der Waals surface area (Å²) < 4.78 is 7.77. The number of thioether (sulfide) groups is 1. The molecule has 0 bridgehead atoms. The van der Waals surface area contributed by atoms with Crippen molar-refractivity contribution in [3.05, 3.63) is 48.2 Å². The van der Waals surface area contributed by atoms with Crippen LogP contribution in [0.1, 0.15) is 50.6 Å². The van der Waals surface area contributed by atoms with E-state index in [2.05, 4.69) is 20.1 Å². The predicted octanol–water partition coefficient (Wildman–Crippen LogP) is 5.47. The van der Waals surface area contributed by atoms with Crippen LogP contribution in [0.2, 0.25) is 0 Å². The number of aryl methyl sites for hydroxylation is 1. The van der Waals surface area contributed by atoms with Crippen molar-refractivity contribution in [2.45, 2.75) is 62.4 Å². The van der Waals surface area contributed by atoms with Gasteiger partial charge in [-0.2, -0.15) is 0 Å². The lowest BCUT2D eigenvalue weighted by Gasteiger charge is -2.25. The van der Waals surface area contributed by atoms with Crippen LogP contribution >= 0.6 is 11.8 Å². The largest absolute Gasteiger partial charge is 0.461 e. The maximum atomic E-state index is 12.7. The fourth-order valence-electron chi connectivity index (χ4n) is 3.69. The zero-order valence-corrected chi connectivity index (χ0v) is 17.6. The first-order chi connectivity index (χ1) is 14.1. The molecule has 0 saturated heterocycles. The average Bonchev–Trinajstić information content (AvgIpc) is 3.40. The molecular formula is C22H26N4O2S. The molecule has 3 aromatic rings. The maximum Gasteiger partial charge on any atom is 0.237 e. The van der Waals surface area contributed by atoms with E-state index in [0.29, 0.717) is 11.8 Å². The van der Waals surface area contributed by atoms with E-state index in [-0.39, 0.29) is 11.2 Å². The molecule has 1 aliphatic carbocycles. The number of nitrogens with one attached hydrogen (secondary N) is 1. The molecule has 6 nitrogen and oxygen atoms in total. The molecule has 1 aliphatic rings. The Morgan fingerprint density at radius 1 is 1.17 bits per heavy atom. The number of furan rings is 1. The number of benzene rings is 1. The minimum absolute atomic E-state index is 0.0448. The Balaban J connectivity index is 1.54. The highest BCUT2D eigenvalue weighted by Crippen LogP contribution is 2.36. The Kier molecular flexibility index (Phi) is 6.04. The monoisotopic (exact) mass is 410 g/mol. The molecule has 4 rings (SSSR count). The zero-order valence-electron chi connectivity index (χ0n) is 16.8. The second kappa shape index (κ2) is 8.86. The summed E-state index contributed by atoms with van der Waals surface area (Å²) >= 11 is 1.45. The van der Waals surface area contributed by atoms with Gasteiger partial charge in [0.15, 0.2) is 10.9 Å². The number of hydrogen-bond donors (Lipinski definition) is 1. The molecule has 152 valence electrons. The van der Waals surface area contributed by atoms with E-state index in [9.17, 15) is 4.79 Å². The van der Waals surface area contributed by atoms with Crippen molar-refractivity contribution in [1.29, 1.82) is 0 Å². The van der Waals surface area contributed by atoms with Crippen molar-refractivity contribution in [1.82, 2.24) is 14.8 Å². The van der Waals surface area contributed by atoms with Crippen molar-refractivity contribution in [3.8, 4) is 11.6 Å². The van der Waals surface area contributed by atoms with Crippen LogP contribution in [0.25, 0.3) is 11.6 Å². The van der Waals surface area contributed by atoms with Gasteiger partial charge in [0.1, 0.15) is 0 Å². The quantitative estimate of drug-likeness (QED) is 0.546. The van der Waals surface area contributed by atoms with Crippen molar-refractivity contribution >= 4 is 23.4 Å². The summed E-state index contributed by atoms with van der Waals surface area (Å²) in [6.07, 6.45) is 7.53. The molecule has 0 radical (unpaired) electrons. The SMILES string of the molecule is Cc1ccc(NC(=O)[C@@H](C)Sc2nnc(-c3ccco3)n2C2CCCCC2)cc1. The number of hydrogen-bond acceptors (Lipinski definition) is 5. The van der Waals surface area contributed by atoms with Crippen LogP contribution in [-0.2, 0) is 4.79 Å². The summed E-state index contributed by atoms with van der Waals surface area (Å²) in [5, 5.41) is 12.3. The van der Waals surface area contributed by atoms with E-state index in [1.807, 2.05) is 50.2 Å². The van der Waals surface area contributed by atoms with Crippen LogP contribution in [0, 0.1) is 6.92 Å². The number of aromatic nitrogens is 3. The molecule has 0 spiro atoms. The third-order valence-electron chi connectivity index (χ3n) is 5.32. The number of nitrogens with zero attached hydrogens (tertiary/aromatic N) is 3. The first-order valence-corrected chi connectivity index (χ1v) is 11.0. The Morgan fingerprint density at radius 3 is 2.62 bits per heavy atom. The van der Waals surface area contributed by atoms with Crippen LogP contribution in [0.15, 0.2) is 52.2 Å². The van der Waals surface area contributed by atoms with Gasteiger partial charge in [-0.05, 0) is 51.0 Å². The smallest absolute Gasteiger partial charge is 0.237 e. The minimum Gasteiger partial charge on any atom is -0.461 e. The van der Waals surface area contributed by atoms with Crippen LogP contribution < -0.4 is 5.32 Å². The van der Waals surface area contributed by atoms with Gasteiger partial charge in [-0.25, -0.2) is 0 Å². The molecule has 29 heavy (non-hydrogen) atoms. The highest BCUT2D eigenvalue weighted by Gasteiger charge is 2.27. The van der Waals surface area contributed by atoms with E-state index < -0.39 is 0 Å². The first-order valence-electron chi connectivity index (χ1n) is 10.1. The Hall–Kier alpha value is -2.54. The molecule has 1 amide bonds. The fraction of sp³-hybridized carbons (Fsp3) is 0.409. The van der Waals surface area contributed by atoms with Crippen LogP contribution in [0.3, 0.4) is 0 Å². The number of carbonyl (C=O) groups is 1. The molecular weight excluding hydrogens is 384 g/mol. The second-order valence-corrected chi connectivity index (χ2v) is 8.87. The van der Waals surface area contributed by atoms with Gasteiger partial charge in [-0.1, -0.05) is 48.7 Å². The molecule has 2 aromatic heterocycles. The number of rotatable bonds is 6. The second-order valence-electron chi connectivity index (χ2n) is 7.56. The summed E-state index contributed by atoms with van der Waals surface area (Å²) in [6.45, 7) is 3.93. The first kappa shape index (κ1) is 19.8. The fourth-order valence-corrected chi connectivity index (χ4v) is 4.61. The molecule has 1 N–H and O–H groups in total. The van der Waals surface area contributed by atoms with Gasteiger partial charge in [-0.3, -0.25) is 9.36 Å². The normalized spacial score (nSPS) is 15.9. The number of amides is 1. The third-order valence-corrected chi connectivity index (χ3v) is 6.37. The van der Waals surface area contributed by atoms with E-state index in [1.165, 1.54) is 31.0 Å². The summed E-state index contributed by atoms with van der Waals surface area (Å²) in [6, 6.07) is 11.9. The molecule has 1 saturated carbocycles. The Labute approximate surface area is 175 Å². The van der Waals surface area contributed by atoms with Gasteiger partial charge in [0.05, 0.1) is 11.5 Å². The van der Waals surface area contributed by atoms with Crippen molar-refractivity contribution in [3.63, 3.8) is 0 Å². The highest BCUT2D eigenvalue weighted by atomic mass is 32.2. The standard InChI is InChI=1S/C22H26N4O2S/c1-15-10-12-17(13-11-15)23-21(27)16(2)29-22-25-24-20(19-9-6-14-28-19)26(22)18-7-4-3-5-8-18/h6,9-14,16,18H,3-5,7-8H2,1-2H3,(H,23,27)/t16-/m1/s1. The molecule has 1 fully saturated rings. The number of anilines is 1. The van der Waals surface area contributed by atoms with Gasteiger partial charge in [-0.15, -0.1) is 10.2 Å². The van der Waals surface area contributed by atoms with Crippen molar-refractivity contribution in [2.75, 3.05) is 5.32 Å². The van der Waals surface area contributed by atoms with Crippen LogP contribution in [0.5, 0.6) is 0 Å². The van der Waals surface area contributed by atoms with Gasteiger partial charge in [0, 0.05) is 11.7 Å². The molecule has 1 aromatic carbocycles. The van der Waals surface area contributed by atoms with Gasteiger partial charge >= 0.3 is 0 Å². The Morgan fingerprint density at radius 2 is 1.93 bits per heavy atom. The maximum absolute atomic E-state index is 12.7. The summed E-state index contributed by atoms with van der Waals surface area (Å²) in [5.41, 5.74) is 1.97. The molecule has 0 unspecified atom stereocenters. The van der Waals surface area contributed by atoms with E-state index in [4.69, 9.17) is 4.42 Å². The van der Waals surface area contributed by atoms with E-state index in [1.54, 1.807) is 6.26 Å². The summed E-state index contributed by atoms with van der Waals surface area (Å²) in [5.74, 6) is 1.42. The molecule has 1 atom stereocenters. The third kappa shape index (κ3) is 4.56. The average molecular weight is 411 g/mol. The molecule has 7 heteroatoms. The van der Waals surface area contributed by atoms with Crippen molar-refractivity contribution in [2.24, 2.45) is 0 Å². The lowest BCUT2D eigenvalue weighted by atomic mass is 9.95. The van der Waals surface area contributed by atoms with Crippen LogP contribution in [-0.4, -0.2) is 25.9 Å². The van der Waals surface area contributed by atoms with Gasteiger partial charge in [0.2, 0.25) is 11.7 Å². The molecule has 0 aliphatic heterocycles. The van der Waals surface area contributed by atoms with Crippen LogP contribution in [0.4, 0.5) is 5.69 Å². The van der Waals surface area contributed by atoms with E-state index in [0.717, 1.165) is 35.1 Å². The topological polar surface area (TPSA) is 73.0 Å². The van der Waals surface area contributed by atoms with E-state index >= 15 is 0 Å². The highest BCUT2D eigenvalue weighted by molar-refractivity contribution is 8.00. The minimum atomic E-state index is -0.299.